The Morgan fingerprint density at radius 2 is 2.04 bits per heavy atom. The summed E-state index contributed by atoms with van der Waals surface area (Å²) in [5, 5.41) is 14.8. The average molecular weight is 377 g/mol. The van der Waals surface area contributed by atoms with Crippen molar-refractivity contribution in [1.82, 2.24) is 5.16 Å². The zero-order valence-electron chi connectivity index (χ0n) is 13.0. The van der Waals surface area contributed by atoms with Crippen LogP contribution in [0.5, 0.6) is 0 Å². The van der Waals surface area contributed by atoms with E-state index < -0.39 is 22.4 Å². The first-order valence-electron chi connectivity index (χ1n) is 7.27. The molecule has 26 heavy (non-hydrogen) atoms. The highest BCUT2D eigenvalue weighted by molar-refractivity contribution is 6.31. The van der Waals surface area contributed by atoms with Crippen molar-refractivity contribution < 1.29 is 23.4 Å². The summed E-state index contributed by atoms with van der Waals surface area (Å²) < 4.78 is 23.8. The molecule has 1 heterocycles. The molecular weight excluding hydrogens is 367 g/mol. The molecule has 0 saturated heterocycles. The number of nitrogens with zero attached hydrogens (tertiary/aromatic N) is 2. The van der Waals surface area contributed by atoms with E-state index in [0.29, 0.717) is 0 Å². The fourth-order valence-electron chi connectivity index (χ4n) is 2.22. The maximum absolute atomic E-state index is 13.7. The van der Waals surface area contributed by atoms with Gasteiger partial charge in [0.05, 0.1) is 10.5 Å². The largest absolute Gasteiger partial charge is 0.455 e. The van der Waals surface area contributed by atoms with Crippen LogP contribution in [-0.4, -0.2) is 16.0 Å². The zero-order valence-corrected chi connectivity index (χ0v) is 13.8. The summed E-state index contributed by atoms with van der Waals surface area (Å²) in [7, 11) is 0. The second-order valence-electron chi connectivity index (χ2n) is 5.16. The molecule has 0 aliphatic rings. The summed E-state index contributed by atoms with van der Waals surface area (Å²) in [6, 6.07) is 10.9. The smallest absolute Gasteiger partial charge is 0.345 e. The minimum absolute atomic E-state index is 0.158. The lowest BCUT2D eigenvalue weighted by Crippen LogP contribution is -2.08. The van der Waals surface area contributed by atoms with Crippen LogP contribution in [0.15, 0.2) is 53.1 Å². The van der Waals surface area contributed by atoms with Crippen molar-refractivity contribution in [3.8, 4) is 11.3 Å². The third kappa shape index (κ3) is 3.70. The molecule has 3 rings (SSSR count). The molecule has 0 spiro atoms. The Morgan fingerprint density at radius 1 is 1.27 bits per heavy atom. The third-order valence-electron chi connectivity index (χ3n) is 3.42. The van der Waals surface area contributed by atoms with Crippen LogP contribution in [0.4, 0.5) is 10.1 Å². The van der Waals surface area contributed by atoms with Gasteiger partial charge in [-0.1, -0.05) is 28.9 Å². The first kappa shape index (κ1) is 17.6. The van der Waals surface area contributed by atoms with Gasteiger partial charge in [0.25, 0.3) is 5.69 Å². The van der Waals surface area contributed by atoms with Crippen LogP contribution in [0, 0.1) is 15.9 Å². The Morgan fingerprint density at radius 3 is 2.77 bits per heavy atom. The molecule has 0 aliphatic carbocycles. The van der Waals surface area contributed by atoms with Gasteiger partial charge in [-0.3, -0.25) is 10.1 Å². The predicted octanol–water partition coefficient (Wildman–Crippen LogP) is 4.40. The summed E-state index contributed by atoms with van der Waals surface area (Å²) in [5.41, 5.74) is -0.267. The Bertz CT molecular complexity index is 989. The first-order chi connectivity index (χ1) is 12.5. The second kappa shape index (κ2) is 7.32. The number of rotatable bonds is 5. The van der Waals surface area contributed by atoms with E-state index in [1.165, 1.54) is 30.3 Å². The number of benzene rings is 2. The predicted molar refractivity (Wildman–Crippen MR) is 89.1 cm³/mol. The van der Waals surface area contributed by atoms with Gasteiger partial charge in [-0.15, -0.1) is 0 Å². The van der Waals surface area contributed by atoms with Crippen molar-refractivity contribution in [2.45, 2.75) is 6.61 Å². The SMILES string of the molecule is O=C(OCc1cc(-c2ccccc2F)on1)c1cc(Cl)ccc1[N+](=O)[O-]. The van der Waals surface area contributed by atoms with Crippen LogP contribution in [0.25, 0.3) is 11.3 Å². The summed E-state index contributed by atoms with van der Waals surface area (Å²) in [4.78, 5) is 22.4. The maximum Gasteiger partial charge on any atom is 0.345 e. The number of halogens is 2. The number of carbonyl (C=O) groups excluding carboxylic acids is 1. The quantitative estimate of drug-likeness (QED) is 0.372. The van der Waals surface area contributed by atoms with Crippen LogP contribution in [0.1, 0.15) is 16.1 Å². The molecule has 0 saturated carbocycles. The molecule has 0 atom stereocenters. The van der Waals surface area contributed by atoms with Gasteiger partial charge in [-0.05, 0) is 24.3 Å². The molecule has 2 aromatic carbocycles. The van der Waals surface area contributed by atoms with Crippen LogP contribution >= 0.6 is 11.6 Å². The third-order valence-corrected chi connectivity index (χ3v) is 3.66. The number of ether oxygens (including phenoxy) is 1. The number of aromatic nitrogens is 1. The topological polar surface area (TPSA) is 95.5 Å². The van der Waals surface area contributed by atoms with Gasteiger partial charge >= 0.3 is 5.97 Å². The Kier molecular flexibility index (Phi) is 4.94. The number of nitro benzene ring substituents is 1. The van der Waals surface area contributed by atoms with Gasteiger partial charge in [-0.25, -0.2) is 9.18 Å². The van der Waals surface area contributed by atoms with E-state index in [1.807, 2.05) is 0 Å². The lowest BCUT2D eigenvalue weighted by molar-refractivity contribution is -0.385. The van der Waals surface area contributed by atoms with E-state index in [-0.39, 0.29) is 34.2 Å². The van der Waals surface area contributed by atoms with Gasteiger partial charge in [0.15, 0.2) is 5.76 Å². The molecular formula is C17H10ClFN2O5. The first-order valence-corrected chi connectivity index (χ1v) is 7.65. The van der Waals surface area contributed by atoms with Crippen molar-refractivity contribution >= 4 is 23.3 Å². The number of esters is 1. The molecule has 0 fully saturated rings. The van der Waals surface area contributed by atoms with E-state index >= 15 is 0 Å². The molecule has 0 amide bonds. The number of hydrogen-bond acceptors (Lipinski definition) is 6. The van der Waals surface area contributed by atoms with E-state index in [9.17, 15) is 19.3 Å². The summed E-state index contributed by atoms with van der Waals surface area (Å²) in [6.45, 7) is -0.305. The van der Waals surface area contributed by atoms with Gasteiger partial charge in [-0.2, -0.15) is 0 Å². The van der Waals surface area contributed by atoms with Crippen molar-refractivity contribution in [2.24, 2.45) is 0 Å². The lowest BCUT2D eigenvalue weighted by Gasteiger charge is -2.04. The van der Waals surface area contributed by atoms with Gasteiger partial charge < -0.3 is 9.26 Å². The van der Waals surface area contributed by atoms with Crippen LogP contribution in [0.3, 0.4) is 0 Å². The lowest BCUT2D eigenvalue weighted by atomic mass is 10.1. The fourth-order valence-corrected chi connectivity index (χ4v) is 2.39. The fraction of sp³-hybridized carbons (Fsp3) is 0.0588. The number of carbonyl (C=O) groups is 1. The average Bonchev–Trinajstić information content (AvgIpc) is 3.08. The number of nitro groups is 1. The molecule has 0 aliphatic heterocycles. The van der Waals surface area contributed by atoms with Gasteiger partial charge in [0, 0.05) is 17.2 Å². The summed E-state index contributed by atoms with van der Waals surface area (Å²) in [6.07, 6.45) is 0. The molecule has 3 aromatic rings. The van der Waals surface area contributed by atoms with E-state index in [1.54, 1.807) is 6.07 Å². The van der Waals surface area contributed by atoms with E-state index in [2.05, 4.69) is 5.16 Å². The second-order valence-corrected chi connectivity index (χ2v) is 5.59. The molecule has 132 valence electrons. The summed E-state index contributed by atoms with van der Waals surface area (Å²) in [5.74, 6) is -1.25. The molecule has 1 aromatic heterocycles. The minimum Gasteiger partial charge on any atom is -0.455 e. The standard InChI is InChI=1S/C17H10ClFN2O5/c18-10-5-6-15(21(23)24)13(7-10)17(22)25-9-11-8-16(26-20-11)12-3-1-2-4-14(12)19/h1-8H,9H2. The molecule has 9 heteroatoms. The highest BCUT2D eigenvalue weighted by Gasteiger charge is 2.22. The van der Waals surface area contributed by atoms with Crippen molar-refractivity contribution in [2.75, 3.05) is 0 Å². The monoisotopic (exact) mass is 376 g/mol. The zero-order chi connectivity index (χ0) is 18.7. The van der Waals surface area contributed by atoms with E-state index in [4.69, 9.17) is 20.9 Å². The number of hydrogen-bond donors (Lipinski definition) is 0. The van der Waals surface area contributed by atoms with Crippen molar-refractivity contribution in [3.05, 3.63) is 80.7 Å². The van der Waals surface area contributed by atoms with Crippen molar-refractivity contribution in [3.63, 3.8) is 0 Å². The molecule has 7 nitrogen and oxygen atoms in total. The molecule has 0 N–H and O–H groups in total. The molecule has 0 radical (unpaired) electrons. The van der Waals surface area contributed by atoms with Gasteiger partial charge in [0.1, 0.15) is 23.7 Å². The van der Waals surface area contributed by atoms with Crippen molar-refractivity contribution in [1.29, 1.82) is 0 Å². The highest BCUT2D eigenvalue weighted by Crippen LogP contribution is 2.25. The Labute approximate surface area is 151 Å². The Balaban J connectivity index is 1.74. The van der Waals surface area contributed by atoms with Crippen LogP contribution in [0.2, 0.25) is 5.02 Å². The van der Waals surface area contributed by atoms with Crippen LogP contribution in [-0.2, 0) is 11.3 Å². The molecule has 0 unspecified atom stereocenters. The Hall–Kier alpha value is -3.26. The van der Waals surface area contributed by atoms with Gasteiger partial charge in [0.2, 0.25) is 0 Å². The van der Waals surface area contributed by atoms with E-state index in [0.717, 1.165) is 12.1 Å². The highest BCUT2D eigenvalue weighted by atomic mass is 35.5. The maximum atomic E-state index is 13.7. The molecule has 0 bridgehead atoms. The normalized spacial score (nSPS) is 10.5. The minimum atomic E-state index is -0.936. The van der Waals surface area contributed by atoms with Crippen LogP contribution < -0.4 is 0 Å². The summed E-state index contributed by atoms with van der Waals surface area (Å²) >= 11 is 5.78.